The number of guanidine groups is 1. The quantitative estimate of drug-likeness (QED) is 0.390. The van der Waals surface area contributed by atoms with Crippen LogP contribution in [-0.4, -0.2) is 53.6 Å². The number of aliphatic imine (C=N–C) groups is 1. The zero-order valence-electron chi connectivity index (χ0n) is 16.2. The van der Waals surface area contributed by atoms with Gasteiger partial charge in [0.25, 0.3) is 0 Å². The molecular weight excluding hydrogens is 351 g/mol. The molecule has 1 aromatic heterocycles. The first-order chi connectivity index (χ1) is 13.0. The summed E-state index contributed by atoms with van der Waals surface area (Å²) in [5.74, 6) is 2.38. The maximum Gasteiger partial charge on any atom is 0.191 e. The minimum absolute atomic E-state index is 0.182. The monoisotopic (exact) mass is 378 g/mol. The van der Waals surface area contributed by atoms with E-state index in [4.69, 9.17) is 9.47 Å². The lowest BCUT2D eigenvalue weighted by Gasteiger charge is -2.18. The van der Waals surface area contributed by atoms with Crippen LogP contribution in [0.15, 0.2) is 29.3 Å². The zero-order chi connectivity index (χ0) is 19.6. The average Bonchev–Trinajstić information content (AvgIpc) is 2.95. The van der Waals surface area contributed by atoms with Crippen LogP contribution in [0.3, 0.4) is 0 Å². The number of halogens is 1. The third kappa shape index (κ3) is 6.86. The molecule has 148 valence electrons. The van der Waals surface area contributed by atoms with Gasteiger partial charge in [-0.05, 0) is 26.0 Å². The van der Waals surface area contributed by atoms with Crippen LogP contribution >= 0.6 is 0 Å². The van der Waals surface area contributed by atoms with E-state index in [0.29, 0.717) is 38.0 Å². The molecule has 0 radical (unpaired) electrons. The summed E-state index contributed by atoms with van der Waals surface area (Å²) in [4.78, 5) is 4.53. The number of hydrogen-bond donors (Lipinski definition) is 2. The second-order valence-electron chi connectivity index (χ2n) is 6.07. The van der Waals surface area contributed by atoms with Crippen molar-refractivity contribution >= 4 is 5.96 Å². The summed E-state index contributed by atoms with van der Waals surface area (Å²) in [7, 11) is 3.55. The van der Waals surface area contributed by atoms with Crippen molar-refractivity contribution in [2.24, 2.45) is 12.0 Å². The Kier molecular flexibility index (Phi) is 8.00. The van der Waals surface area contributed by atoms with Gasteiger partial charge in [-0.3, -0.25) is 0 Å². The first kappa shape index (κ1) is 20.6. The van der Waals surface area contributed by atoms with Crippen molar-refractivity contribution < 1.29 is 13.9 Å². The number of hydrogen-bond acceptors (Lipinski definition) is 5. The van der Waals surface area contributed by atoms with E-state index in [1.54, 1.807) is 19.2 Å². The van der Waals surface area contributed by atoms with Crippen LogP contribution in [0.5, 0.6) is 5.75 Å². The summed E-state index contributed by atoms with van der Waals surface area (Å²) in [5, 5.41) is 14.5. The van der Waals surface area contributed by atoms with E-state index < -0.39 is 0 Å². The van der Waals surface area contributed by atoms with Gasteiger partial charge in [-0.25, -0.2) is 9.38 Å². The van der Waals surface area contributed by atoms with E-state index in [1.807, 2.05) is 25.5 Å². The molecule has 0 spiro atoms. The number of aromatic nitrogens is 3. The van der Waals surface area contributed by atoms with Crippen LogP contribution in [0.25, 0.3) is 0 Å². The fraction of sp³-hybridized carbons (Fsp3) is 0.500. The second kappa shape index (κ2) is 10.5. The molecule has 2 rings (SSSR count). The minimum atomic E-state index is -0.324. The molecule has 1 atom stereocenters. The van der Waals surface area contributed by atoms with Gasteiger partial charge in [0, 0.05) is 26.8 Å². The van der Waals surface area contributed by atoms with Gasteiger partial charge in [0.05, 0.1) is 13.2 Å². The molecule has 2 N–H and O–H groups in total. The molecule has 0 fully saturated rings. The number of methoxy groups -OCH3 is 1. The van der Waals surface area contributed by atoms with Crippen molar-refractivity contribution in [2.75, 3.05) is 26.8 Å². The molecule has 2 aromatic rings. The van der Waals surface area contributed by atoms with Crippen LogP contribution in [0.1, 0.15) is 18.6 Å². The molecule has 27 heavy (non-hydrogen) atoms. The lowest BCUT2D eigenvalue weighted by Crippen LogP contribution is -2.43. The molecule has 8 nitrogen and oxygen atoms in total. The van der Waals surface area contributed by atoms with E-state index in [-0.39, 0.29) is 11.9 Å². The van der Waals surface area contributed by atoms with Crippen molar-refractivity contribution in [1.82, 2.24) is 25.4 Å². The summed E-state index contributed by atoms with van der Waals surface area (Å²) < 4.78 is 25.9. The normalized spacial score (nSPS) is 12.7. The van der Waals surface area contributed by atoms with Gasteiger partial charge in [-0.15, -0.1) is 10.2 Å². The van der Waals surface area contributed by atoms with Crippen LogP contribution in [0.2, 0.25) is 0 Å². The highest BCUT2D eigenvalue weighted by Gasteiger charge is 2.08. The highest BCUT2D eigenvalue weighted by atomic mass is 19.1. The fourth-order valence-electron chi connectivity index (χ4n) is 2.24. The number of aryl methyl sites for hydroxylation is 1. The Balaban J connectivity index is 1.92. The highest BCUT2D eigenvalue weighted by molar-refractivity contribution is 5.79. The molecule has 0 aliphatic carbocycles. The maximum absolute atomic E-state index is 13.3. The zero-order valence-corrected chi connectivity index (χ0v) is 16.2. The van der Waals surface area contributed by atoms with Crippen molar-refractivity contribution in [2.45, 2.75) is 26.5 Å². The molecule has 1 heterocycles. The van der Waals surface area contributed by atoms with Crippen molar-refractivity contribution in [1.29, 1.82) is 0 Å². The van der Waals surface area contributed by atoms with Gasteiger partial charge in [0.15, 0.2) is 11.8 Å². The standard InChI is InChI=1S/C18H27FN6O2/c1-13(27-16-7-5-6-15(19)10-16)11-21-18(20-8-9-26-4)22-12-17-24-23-14(2)25(17)3/h5-7,10,13H,8-9,11-12H2,1-4H3,(H2,20,21,22). The maximum atomic E-state index is 13.3. The molecule has 0 saturated heterocycles. The van der Waals surface area contributed by atoms with Gasteiger partial charge >= 0.3 is 0 Å². The smallest absolute Gasteiger partial charge is 0.191 e. The Labute approximate surface area is 158 Å². The third-order valence-electron chi connectivity index (χ3n) is 3.85. The minimum Gasteiger partial charge on any atom is -0.489 e. The number of nitrogens with one attached hydrogen (secondary N) is 2. The molecule has 9 heteroatoms. The molecule has 1 aromatic carbocycles. The largest absolute Gasteiger partial charge is 0.489 e. The molecular formula is C18H27FN6O2. The molecule has 0 aliphatic heterocycles. The fourth-order valence-corrected chi connectivity index (χ4v) is 2.24. The van der Waals surface area contributed by atoms with E-state index in [0.717, 1.165) is 11.6 Å². The summed E-state index contributed by atoms with van der Waals surface area (Å²) in [6, 6.07) is 6.09. The first-order valence-electron chi connectivity index (χ1n) is 8.77. The number of ether oxygens (including phenoxy) is 2. The third-order valence-corrected chi connectivity index (χ3v) is 3.85. The average molecular weight is 378 g/mol. The molecule has 1 unspecified atom stereocenters. The van der Waals surface area contributed by atoms with Crippen LogP contribution < -0.4 is 15.4 Å². The number of rotatable bonds is 9. The topological polar surface area (TPSA) is 85.6 Å². The Morgan fingerprint density at radius 1 is 1.33 bits per heavy atom. The van der Waals surface area contributed by atoms with Crippen LogP contribution in [0.4, 0.5) is 4.39 Å². The predicted octanol–water partition coefficient (Wildman–Crippen LogP) is 1.41. The Morgan fingerprint density at radius 3 is 2.81 bits per heavy atom. The molecule has 0 aliphatic rings. The van der Waals surface area contributed by atoms with Crippen molar-refractivity contribution in [3.05, 3.63) is 41.7 Å². The number of benzene rings is 1. The predicted molar refractivity (Wildman–Crippen MR) is 101 cm³/mol. The van der Waals surface area contributed by atoms with E-state index in [2.05, 4.69) is 25.8 Å². The van der Waals surface area contributed by atoms with Crippen molar-refractivity contribution in [3.63, 3.8) is 0 Å². The number of nitrogens with zero attached hydrogens (tertiary/aromatic N) is 4. The Bertz CT molecular complexity index is 749. The lowest BCUT2D eigenvalue weighted by atomic mass is 10.3. The van der Waals surface area contributed by atoms with Crippen LogP contribution in [-0.2, 0) is 18.3 Å². The van der Waals surface area contributed by atoms with Gasteiger partial charge < -0.3 is 24.7 Å². The van der Waals surface area contributed by atoms with Gasteiger partial charge in [-0.2, -0.15) is 0 Å². The van der Waals surface area contributed by atoms with E-state index >= 15 is 0 Å². The summed E-state index contributed by atoms with van der Waals surface area (Å²) >= 11 is 0. The summed E-state index contributed by atoms with van der Waals surface area (Å²) in [6.45, 7) is 5.84. The molecule has 0 saturated carbocycles. The Morgan fingerprint density at radius 2 is 2.15 bits per heavy atom. The lowest BCUT2D eigenvalue weighted by molar-refractivity contribution is 0.203. The first-order valence-corrected chi connectivity index (χ1v) is 8.77. The molecule has 0 amide bonds. The summed E-state index contributed by atoms with van der Waals surface area (Å²) in [6.07, 6.45) is -0.182. The van der Waals surface area contributed by atoms with Gasteiger partial charge in [0.2, 0.25) is 0 Å². The Hall–Kier alpha value is -2.68. The molecule has 0 bridgehead atoms. The van der Waals surface area contributed by atoms with Gasteiger partial charge in [-0.1, -0.05) is 6.07 Å². The highest BCUT2D eigenvalue weighted by Crippen LogP contribution is 2.13. The SMILES string of the molecule is COCCNC(=NCc1nnc(C)n1C)NCC(C)Oc1cccc(F)c1. The van der Waals surface area contributed by atoms with E-state index in [1.165, 1.54) is 12.1 Å². The second-order valence-corrected chi connectivity index (χ2v) is 6.07. The van der Waals surface area contributed by atoms with Gasteiger partial charge in [0.1, 0.15) is 30.0 Å². The van der Waals surface area contributed by atoms with Crippen LogP contribution in [0, 0.1) is 12.7 Å². The summed E-state index contributed by atoms with van der Waals surface area (Å²) in [5.41, 5.74) is 0. The van der Waals surface area contributed by atoms with E-state index in [9.17, 15) is 4.39 Å². The van der Waals surface area contributed by atoms with Crippen molar-refractivity contribution in [3.8, 4) is 5.75 Å².